The number of nitrogens with zero attached hydrogens (tertiary/aromatic N) is 1. The SMILES string of the molecule is CCC(=O)N1CCc2cc(S(=O)(=O)N[C@H](c3ccccc3)c3ccc(C)cc3)ccc21. The molecule has 4 rings (SSSR count). The maximum absolute atomic E-state index is 13.3. The Morgan fingerprint density at radius 3 is 2.35 bits per heavy atom. The first kappa shape index (κ1) is 21.3. The fourth-order valence-electron chi connectivity index (χ4n) is 3.95. The minimum absolute atomic E-state index is 0.0518. The Morgan fingerprint density at radius 2 is 1.68 bits per heavy atom. The van der Waals surface area contributed by atoms with Crippen molar-refractivity contribution in [2.75, 3.05) is 11.4 Å². The molecule has 0 aromatic heterocycles. The number of hydrogen-bond donors (Lipinski definition) is 1. The van der Waals surface area contributed by atoms with Crippen LogP contribution in [0.15, 0.2) is 77.7 Å². The van der Waals surface area contributed by atoms with Crippen LogP contribution >= 0.6 is 0 Å². The number of sulfonamides is 1. The molecule has 160 valence electrons. The van der Waals surface area contributed by atoms with E-state index in [0.29, 0.717) is 19.4 Å². The number of nitrogens with one attached hydrogen (secondary N) is 1. The molecule has 1 heterocycles. The number of carbonyl (C=O) groups is 1. The largest absolute Gasteiger partial charge is 0.312 e. The average molecular weight is 435 g/mol. The lowest BCUT2D eigenvalue weighted by molar-refractivity contribution is -0.118. The van der Waals surface area contributed by atoms with Gasteiger partial charge in [0.15, 0.2) is 0 Å². The van der Waals surface area contributed by atoms with Gasteiger partial charge >= 0.3 is 0 Å². The number of aryl methyl sites for hydroxylation is 1. The van der Waals surface area contributed by atoms with Crippen molar-refractivity contribution >= 4 is 21.6 Å². The van der Waals surface area contributed by atoms with Gasteiger partial charge in [-0.3, -0.25) is 4.79 Å². The van der Waals surface area contributed by atoms with E-state index in [9.17, 15) is 13.2 Å². The van der Waals surface area contributed by atoms with E-state index in [1.807, 2.05) is 68.4 Å². The topological polar surface area (TPSA) is 66.5 Å². The van der Waals surface area contributed by atoms with Crippen LogP contribution in [0.4, 0.5) is 5.69 Å². The molecule has 5 nitrogen and oxygen atoms in total. The molecular weight excluding hydrogens is 408 g/mol. The van der Waals surface area contributed by atoms with Gasteiger partial charge in [-0.1, -0.05) is 67.1 Å². The lowest BCUT2D eigenvalue weighted by atomic mass is 9.99. The number of amides is 1. The summed E-state index contributed by atoms with van der Waals surface area (Å²) >= 11 is 0. The highest BCUT2D eigenvalue weighted by Gasteiger charge is 2.27. The molecule has 0 bridgehead atoms. The second-order valence-electron chi connectivity index (χ2n) is 7.82. The van der Waals surface area contributed by atoms with Crippen molar-refractivity contribution in [2.24, 2.45) is 0 Å². The zero-order valence-corrected chi connectivity index (χ0v) is 18.5. The summed E-state index contributed by atoms with van der Waals surface area (Å²) in [6.45, 7) is 4.43. The molecule has 1 N–H and O–H groups in total. The van der Waals surface area contributed by atoms with Crippen molar-refractivity contribution < 1.29 is 13.2 Å². The monoisotopic (exact) mass is 434 g/mol. The van der Waals surface area contributed by atoms with Gasteiger partial charge in [0.1, 0.15) is 0 Å². The number of anilines is 1. The van der Waals surface area contributed by atoms with Crippen molar-refractivity contribution in [3.8, 4) is 0 Å². The van der Waals surface area contributed by atoms with E-state index < -0.39 is 16.1 Å². The number of carbonyl (C=O) groups excluding carboxylic acids is 1. The lowest BCUT2D eigenvalue weighted by Gasteiger charge is -2.21. The van der Waals surface area contributed by atoms with Crippen molar-refractivity contribution in [3.63, 3.8) is 0 Å². The normalized spacial score (nSPS) is 14.3. The molecule has 1 atom stereocenters. The van der Waals surface area contributed by atoms with E-state index in [0.717, 1.165) is 27.9 Å². The fourth-order valence-corrected chi connectivity index (χ4v) is 5.21. The van der Waals surface area contributed by atoms with Crippen LogP contribution in [0.1, 0.15) is 41.6 Å². The Morgan fingerprint density at radius 1 is 1.00 bits per heavy atom. The first-order valence-electron chi connectivity index (χ1n) is 10.5. The van der Waals surface area contributed by atoms with E-state index in [1.165, 1.54) is 0 Å². The molecule has 0 radical (unpaired) electrons. The molecule has 0 unspecified atom stereocenters. The van der Waals surface area contributed by atoms with Crippen LogP contribution in [0.5, 0.6) is 0 Å². The first-order chi connectivity index (χ1) is 14.9. The quantitative estimate of drug-likeness (QED) is 0.627. The maximum atomic E-state index is 13.3. The zero-order valence-electron chi connectivity index (χ0n) is 17.7. The lowest BCUT2D eigenvalue weighted by Crippen LogP contribution is -2.29. The van der Waals surface area contributed by atoms with Crippen molar-refractivity contribution in [1.29, 1.82) is 0 Å². The summed E-state index contributed by atoms with van der Waals surface area (Å²) in [6, 6.07) is 21.9. The summed E-state index contributed by atoms with van der Waals surface area (Å²) in [6.07, 6.45) is 1.08. The van der Waals surface area contributed by atoms with Gasteiger partial charge in [-0.25, -0.2) is 8.42 Å². The third-order valence-electron chi connectivity index (χ3n) is 5.68. The summed E-state index contributed by atoms with van der Waals surface area (Å²) < 4.78 is 29.6. The van der Waals surface area contributed by atoms with E-state index in [1.54, 1.807) is 23.1 Å². The van der Waals surface area contributed by atoms with Gasteiger partial charge < -0.3 is 4.90 Å². The molecular formula is C25H26N2O3S. The summed E-state index contributed by atoms with van der Waals surface area (Å²) in [7, 11) is -3.78. The Bertz CT molecular complexity index is 1190. The van der Waals surface area contributed by atoms with Gasteiger partial charge in [0.2, 0.25) is 15.9 Å². The van der Waals surface area contributed by atoms with Gasteiger partial charge in [0.05, 0.1) is 10.9 Å². The Hall–Kier alpha value is -2.96. The summed E-state index contributed by atoms with van der Waals surface area (Å²) in [4.78, 5) is 14.1. The molecule has 31 heavy (non-hydrogen) atoms. The molecule has 0 spiro atoms. The number of benzene rings is 3. The van der Waals surface area contributed by atoms with Crippen molar-refractivity contribution in [2.45, 2.75) is 37.6 Å². The average Bonchev–Trinajstić information content (AvgIpc) is 3.22. The van der Waals surface area contributed by atoms with Crippen LogP contribution in [0.25, 0.3) is 0 Å². The third kappa shape index (κ3) is 4.40. The molecule has 0 fully saturated rings. The van der Waals surface area contributed by atoms with Gasteiger partial charge in [0, 0.05) is 18.7 Å². The molecule has 3 aromatic rings. The van der Waals surface area contributed by atoms with Crippen LogP contribution in [-0.2, 0) is 21.2 Å². The minimum atomic E-state index is -3.78. The Kier molecular flexibility index (Phi) is 5.94. The smallest absolute Gasteiger partial charge is 0.241 e. The minimum Gasteiger partial charge on any atom is -0.312 e. The molecule has 6 heteroatoms. The standard InChI is InChI=1S/C25H26N2O3S/c1-3-24(28)27-16-15-21-17-22(13-14-23(21)27)31(29,30)26-25(19-7-5-4-6-8-19)20-11-9-18(2)10-12-20/h4-14,17,25-26H,3,15-16H2,1-2H3/t25-/m1/s1. The van der Waals surface area contributed by atoms with Gasteiger partial charge in [-0.15, -0.1) is 0 Å². The number of hydrogen-bond acceptors (Lipinski definition) is 3. The highest BCUT2D eigenvalue weighted by Crippen LogP contribution is 2.32. The zero-order chi connectivity index (χ0) is 22.0. The van der Waals surface area contributed by atoms with Gasteiger partial charge in [0.25, 0.3) is 0 Å². The van der Waals surface area contributed by atoms with E-state index in [-0.39, 0.29) is 10.8 Å². The van der Waals surface area contributed by atoms with E-state index >= 15 is 0 Å². The second kappa shape index (κ2) is 8.65. The molecule has 1 amide bonds. The maximum Gasteiger partial charge on any atom is 0.241 e. The van der Waals surface area contributed by atoms with Gasteiger partial charge in [-0.05, 0) is 48.2 Å². The predicted molar refractivity (Wildman–Crippen MR) is 123 cm³/mol. The van der Waals surface area contributed by atoms with Crippen molar-refractivity contribution in [1.82, 2.24) is 4.72 Å². The third-order valence-corrected chi connectivity index (χ3v) is 7.10. The van der Waals surface area contributed by atoms with Crippen LogP contribution < -0.4 is 9.62 Å². The molecule has 0 aliphatic carbocycles. The highest BCUT2D eigenvalue weighted by molar-refractivity contribution is 7.89. The second-order valence-corrected chi connectivity index (χ2v) is 9.53. The molecule has 3 aromatic carbocycles. The predicted octanol–water partition coefficient (Wildman–Crippen LogP) is 4.36. The Labute approximate surface area is 183 Å². The summed E-state index contributed by atoms with van der Waals surface area (Å²) in [5, 5.41) is 0. The van der Waals surface area contributed by atoms with Crippen LogP contribution in [0, 0.1) is 6.92 Å². The molecule has 1 aliphatic heterocycles. The molecule has 0 saturated heterocycles. The van der Waals surface area contributed by atoms with E-state index in [2.05, 4.69) is 4.72 Å². The van der Waals surface area contributed by atoms with E-state index in [4.69, 9.17) is 0 Å². The van der Waals surface area contributed by atoms with Crippen LogP contribution in [-0.4, -0.2) is 20.9 Å². The van der Waals surface area contributed by atoms with Crippen LogP contribution in [0.3, 0.4) is 0 Å². The number of fused-ring (bicyclic) bond motifs is 1. The summed E-state index contributed by atoms with van der Waals surface area (Å²) in [5.41, 5.74) is 4.56. The molecule has 1 aliphatic rings. The van der Waals surface area contributed by atoms with Crippen LogP contribution in [0.2, 0.25) is 0 Å². The first-order valence-corrected chi connectivity index (χ1v) is 11.9. The van der Waals surface area contributed by atoms with Gasteiger partial charge in [-0.2, -0.15) is 4.72 Å². The summed E-state index contributed by atoms with van der Waals surface area (Å²) in [5.74, 6) is 0.0518. The fraction of sp³-hybridized carbons (Fsp3) is 0.240. The molecule has 0 saturated carbocycles. The number of rotatable bonds is 6. The Balaban J connectivity index is 1.67. The van der Waals surface area contributed by atoms with Crippen molar-refractivity contribution in [3.05, 3.63) is 95.1 Å². The highest BCUT2D eigenvalue weighted by atomic mass is 32.2.